The van der Waals surface area contributed by atoms with Gasteiger partial charge in [-0.3, -0.25) is 0 Å². The first-order valence-electron chi connectivity index (χ1n) is 6.34. The van der Waals surface area contributed by atoms with Crippen LogP contribution in [0.2, 0.25) is 0 Å². The van der Waals surface area contributed by atoms with Crippen LogP contribution in [0.5, 0.6) is 11.5 Å². The maximum atomic E-state index is 11.2. The first-order valence-corrected chi connectivity index (χ1v) is 7.29. The zero-order chi connectivity index (χ0) is 14.4. The molecule has 1 aromatic carbocycles. The Kier molecular flexibility index (Phi) is 5.01. The zero-order valence-corrected chi connectivity index (χ0v) is 12.0. The van der Waals surface area contributed by atoms with Gasteiger partial charge in [0.05, 0.1) is 6.61 Å². The Morgan fingerprint density at radius 2 is 2.15 bits per heavy atom. The third-order valence-corrected chi connectivity index (χ3v) is 3.36. The van der Waals surface area contributed by atoms with Crippen LogP contribution in [0, 0.1) is 0 Å². The van der Waals surface area contributed by atoms with Gasteiger partial charge in [-0.1, -0.05) is 6.92 Å². The fraction of sp³-hybridized carbons (Fsp3) is 0.267. The molecule has 0 atom stereocenters. The van der Waals surface area contributed by atoms with Crippen LogP contribution in [0.25, 0.3) is 0 Å². The maximum Gasteiger partial charge on any atom is 0.339 e. The Balaban J connectivity index is 2.15. The third-order valence-electron chi connectivity index (χ3n) is 2.63. The fourth-order valence-corrected chi connectivity index (χ4v) is 2.30. The molecule has 20 heavy (non-hydrogen) atoms. The molecule has 0 spiro atoms. The van der Waals surface area contributed by atoms with Gasteiger partial charge in [-0.05, 0) is 40.9 Å². The third kappa shape index (κ3) is 3.74. The van der Waals surface area contributed by atoms with Gasteiger partial charge in [0.25, 0.3) is 0 Å². The molecule has 2 aromatic rings. The van der Waals surface area contributed by atoms with Gasteiger partial charge in [0, 0.05) is 6.07 Å². The summed E-state index contributed by atoms with van der Waals surface area (Å²) < 4.78 is 11.1. The van der Waals surface area contributed by atoms with Gasteiger partial charge in [-0.15, -0.1) is 0 Å². The lowest BCUT2D eigenvalue weighted by Gasteiger charge is -2.11. The molecule has 106 valence electrons. The predicted molar refractivity (Wildman–Crippen MR) is 77.8 cm³/mol. The van der Waals surface area contributed by atoms with Gasteiger partial charge in [-0.25, -0.2) is 4.79 Å². The van der Waals surface area contributed by atoms with E-state index in [0.29, 0.717) is 24.7 Å². The number of thiophene rings is 1. The minimum atomic E-state index is -1.01. The molecule has 1 N–H and O–H groups in total. The summed E-state index contributed by atoms with van der Waals surface area (Å²) in [7, 11) is 0. The van der Waals surface area contributed by atoms with Crippen LogP contribution in [0.15, 0.2) is 35.0 Å². The van der Waals surface area contributed by atoms with Crippen LogP contribution in [0.4, 0.5) is 0 Å². The summed E-state index contributed by atoms with van der Waals surface area (Å²) >= 11 is 1.58. The van der Waals surface area contributed by atoms with E-state index in [9.17, 15) is 9.90 Å². The number of ether oxygens (including phenoxy) is 2. The van der Waals surface area contributed by atoms with Crippen molar-refractivity contribution >= 4 is 17.3 Å². The number of benzene rings is 1. The van der Waals surface area contributed by atoms with Crippen molar-refractivity contribution in [3.8, 4) is 11.5 Å². The molecule has 0 aliphatic heterocycles. The van der Waals surface area contributed by atoms with Gasteiger partial charge in [-0.2, -0.15) is 11.3 Å². The molecule has 5 heteroatoms. The monoisotopic (exact) mass is 292 g/mol. The molecule has 1 heterocycles. The molecule has 0 saturated carbocycles. The largest absolute Gasteiger partial charge is 0.493 e. The summed E-state index contributed by atoms with van der Waals surface area (Å²) in [6.07, 6.45) is 0.895. The van der Waals surface area contributed by atoms with Crippen LogP contribution < -0.4 is 9.47 Å². The van der Waals surface area contributed by atoms with Crippen LogP contribution in [0.1, 0.15) is 29.3 Å². The summed E-state index contributed by atoms with van der Waals surface area (Å²) in [5, 5.41) is 13.1. The van der Waals surface area contributed by atoms with Crippen molar-refractivity contribution in [2.24, 2.45) is 0 Å². The Morgan fingerprint density at radius 1 is 1.30 bits per heavy atom. The minimum Gasteiger partial charge on any atom is -0.493 e. The molecule has 2 rings (SSSR count). The van der Waals surface area contributed by atoms with Crippen molar-refractivity contribution in [1.29, 1.82) is 0 Å². The smallest absolute Gasteiger partial charge is 0.339 e. The van der Waals surface area contributed by atoms with Gasteiger partial charge in [0.15, 0.2) is 0 Å². The number of aromatic carboxylic acids is 1. The highest BCUT2D eigenvalue weighted by Crippen LogP contribution is 2.26. The first kappa shape index (κ1) is 14.4. The summed E-state index contributed by atoms with van der Waals surface area (Å²) in [5.74, 6) is -0.0539. The molecular formula is C15H16O4S. The van der Waals surface area contributed by atoms with E-state index in [1.54, 1.807) is 23.5 Å². The number of carboxylic acids is 1. The molecular weight excluding hydrogens is 276 g/mol. The molecule has 0 saturated heterocycles. The number of hydrogen-bond donors (Lipinski definition) is 1. The van der Waals surface area contributed by atoms with E-state index in [1.165, 1.54) is 6.07 Å². The van der Waals surface area contributed by atoms with Gasteiger partial charge in [0.1, 0.15) is 23.7 Å². The van der Waals surface area contributed by atoms with Gasteiger partial charge < -0.3 is 14.6 Å². The zero-order valence-electron chi connectivity index (χ0n) is 11.2. The first-order chi connectivity index (χ1) is 9.70. The molecule has 0 amide bonds. The molecule has 0 aliphatic carbocycles. The van der Waals surface area contributed by atoms with Crippen molar-refractivity contribution in [2.45, 2.75) is 20.0 Å². The molecule has 4 nitrogen and oxygen atoms in total. The Morgan fingerprint density at radius 3 is 2.80 bits per heavy atom. The summed E-state index contributed by atoms with van der Waals surface area (Å²) in [6.45, 7) is 2.96. The lowest BCUT2D eigenvalue weighted by molar-refractivity contribution is 0.0691. The van der Waals surface area contributed by atoms with Crippen molar-refractivity contribution in [1.82, 2.24) is 0 Å². The standard InChI is InChI=1S/C15H16O4S/c1-2-6-18-12-3-4-13(15(16)17)14(8-12)19-9-11-5-7-20-10-11/h3-5,7-8,10H,2,6,9H2,1H3,(H,16,17). The normalized spacial score (nSPS) is 10.2. The van der Waals surface area contributed by atoms with Crippen molar-refractivity contribution in [3.05, 3.63) is 46.2 Å². The molecule has 1 aromatic heterocycles. The van der Waals surface area contributed by atoms with E-state index in [1.807, 2.05) is 23.8 Å². The topological polar surface area (TPSA) is 55.8 Å². The SMILES string of the molecule is CCCOc1ccc(C(=O)O)c(OCc2ccsc2)c1. The highest BCUT2D eigenvalue weighted by Gasteiger charge is 2.13. The number of carbonyl (C=O) groups is 1. The Hall–Kier alpha value is -2.01. The van der Waals surface area contributed by atoms with Crippen LogP contribution >= 0.6 is 11.3 Å². The van der Waals surface area contributed by atoms with Crippen molar-refractivity contribution in [3.63, 3.8) is 0 Å². The second kappa shape index (κ2) is 6.96. The minimum absolute atomic E-state index is 0.143. The molecule has 0 radical (unpaired) electrons. The Labute approximate surface area is 121 Å². The van der Waals surface area contributed by atoms with E-state index in [4.69, 9.17) is 9.47 Å². The molecule has 0 bridgehead atoms. The molecule has 0 unspecified atom stereocenters. The highest BCUT2D eigenvalue weighted by atomic mass is 32.1. The van der Waals surface area contributed by atoms with Crippen LogP contribution in [0.3, 0.4) is 0 Å². The predicted octanol–water partition coefficient (Wildman–Crippen LogP) is 3.81. The summed E-state index contributed by atoms with van der Waals surface area (Å²) in [5.41, 5.74) is 1.16. The van der Waals surface area contributed by atoms with E-state index in [0.717, 1.165) is 12.0 Å². The number of rotatable bonds is 7. The van der Waals surface area contributed by atoms with E-state index < -0.39 is 5.97 Å². The van der Waals surface area contributed by atoms with E-state index >= 15 is 0 Å². The van der Waals surface area contributed by atoms with Gasteiger partial charge in [0.2, 0.25) is 0 Å². The van der Waals surface area contributed by atoms with Crippen molar-refractivity contribution in [2.75, 3.05) is 6.61 Å². The highest BCUT2D eigenvalue weighted by molar-refractivity contribution is 7.07. The van der Waals surface area contributed by atoms with Crippen LogP contribution in [-0.4, -0.2) is 17.7 Å². The summed E-state index contributed by atoms with van der Waals surface area (Å²) in [4.78, 5) is 11.2. The number of carboxylic acid groups (broad SMARTS) is 1. The molecule has 0 fully saturated rings. The van der Waals surface area contributed by atoms with E-state index in [2.05, 4.69) is 0 Å². The lowest BCUT2D eigenvalue weighted by Crippen LogP contribution is -2.04. The Bertz CT molecular complexity index is 563. The number of hydrogen-bond acceptors (Lipinski definition) is 4. The van der Waals surface area contributed by atoms with E-state index in [-0.39, 0.29) is 5.56 Å². The van der Waals surface area contributed by atoms with Crippen LogP contribution in [-0.2, 0) is 6.61 Å². The fourth-order valence-electron chi connectivity index (χ4n) is 1.64. The average Bonchev–Trinajstić information content (AvgIpc) is 2.96. The average molecular weight is 292 g/mol. The van der Waals surface area contributed by atoms with Crippen molar-refractivity contribution < 1.29 is 19.4 Å². The second-order valence-electron chi connectivity index (χ2n) is 4.23. The van der Waals surface area contributed by atoms with Gasteiger partial charge >= 0.3 is 5.97 Å². The maximum absolute atomic E-state index is 11.2. The quantitative estimate of drug-likeness (QED) is 0.843. The summed E-state index contributed by atoms with van der Waals surface area (Å²) in [6, 6.07) is 6.74. The lowest BCUT2D eigenvalue weighted by atomic mass is 10.2. The molecule has 0 aliphatic rings. The second-order valence-corrected chi connectivity index (χ2v) is 5.01.